The van der Waals surface area contributed by atoms with Crippen molar-refractivity contribution in [1.82, 2.24) is 10.6 Å². The van der Waals surface area contributed by atoms with Gasteiger partial charge in [0.2, 0.25) is 0 Å². The summed E-state index contributed by atoms with van der Waals surface area (Å²) in [6.45, 7) is 13.7. The van der Waals surface area contributed by atoms with Crippen molar-refractivity contribution in [2.75, 3.05) is 19.6 Å². The van der Waals surface area contributed by atoms with E-state index in [1.165, 1.54) is 48.1 Å². The average Bonchev–Trinajstić information content (AvgIpc) is 2.95. The minimum Gasteiger partial charge on any atom is -0.392 e. The van der Waals surface area contributed by atoms with Gasteiger partial charge in [-0.3, -0.25) is 0 Å². The van der Waals surface area contributed by atoms with Crippen LogP contribution in [-0.2, 0) is 25.0 Å². The molecular weight excluding hydrogens is 508 g/mol. The number of fused-ring (bicyclic) bond motifs is 3. The highest BCUT2D eigenvalue weighted by atomic mass is 32.2. The predicted octanol–water partition coefficient (Wildman–Crippen LogP) is 7.84. The van der Waals surface area contributed by atoms with E-state index in [0.29, 0.717) is 16.7 Å². The van der Waals surface area contributed by atoms with Crippen LogP contribution in [0, 0.1) is 11.3 Å². The quantitative estimate of drug-likeness (QED) is 0.211. The van der Waals surface area contributed by atoms with E-state index in [-0.39, 0.29) is 6.61 Å². The maximum absolute atomic E-state index is 9.72. The van der Waals surface area contributed by atoms with Crippen molar-refractivity contribution in [3.8, 4) is 0 Å². The smallest absolute Gasteiger partial charge is 0.0692 e. The summed E-state index contributed by atoms with van der Waals surface area (Å²) in [4.78, 5) is 2.37. The lowest BCUT2D eigenvalue weighted by Gasteiger charge is -2.55. The molecule has 5 rings (SSSR count). The van der Waals surface area contributed by atoms with Crippen LogP contribution in [0.5, 0.6) is 0 Å². The Kier molecular flexibility index (Phi) is 9.42. The van der Waals surface area contributed by atoms with Crippen LogP contribution in [0.4, 0.5) is 0 Å². The zero-order chi connectivity index (χ0) is 28.2. The Labute approximate surface area is 246 Å². The molecule has 2 aliphatic carbocycles. The minimum atomic E-state index is 0.0692. The highest BCUT2D eigenvalue weighted by Gasteiger charge is 2.51. The van der Waals surface area contributed by atoms with Gasteiger partial charge in [0.15, 0.2) is 0 Å². The number of rotatable bonds is 11. The van der Waals surface area contributed by atoms with Crippen molar-refractivity contribution in [2.24, 2.45) is 11.3 Å². The molecule has 3 aromatic carbocycles. The van der Waals surface area contributed by atoms with E-state index in [1.54, 1.807) is 22.9 Å². The molecule has 3 N–H and O–H groups in total. The van der Waals surface area contributed by atoms with Crippen molar-refractivity contribution in [2.45, 2.75) is 94.1 Å². The third-order valence-corrected chi connectivity index (χ3v) is 11.1. The molecular formula is C36H48N2OS. The lowest BCUT2D eigenvalue weighted by Crippen LogP contribution is -2.53. The van der Waals surface area contributed by atoms with Gasteiger partial charge in [-0.05, 0) is 88.3 Å². The Bertz CT molecular complexity index is 1290. The minimum absolute atomic E-state index is 0.0692. The lowest BCUT2D eigenvalue weighted by atomic mass is 9.49. The largest absolute Gasteiger partial charge is 0.392 e. The molecule has 0 radical (unpaired) electrons. The first-order chi connectivity index (χ1) is 19.3. The molecule has 0 saturated heterocycles. The Balaban J connectivity index is 1.14. The third kappa shape index (κ3) is 6.21. The van der Waals surface area contributed by atoms with Crippen LogP contribution in [0.25, 0.3) is 0 Å². The van der Waals surface area contributed by atoms with Gasteiger partial charge >= 0.3 is 0 Å². The summed E-state index contributed by atoms with van der Waals surface area (Å²) in [7, 11) is 0. The summed E-state index contributed by atoms with van der Waals surface area (Å²) >= 11 is 1.74. The van der Waals surface area contributed by atoms with Crippen molar-refractivity contribution >= 4 is 11.8 Å². The van der Waals surface area contributed by atoms with Gasteiger partial charge in [-0.1, -0.05) is 100 Å². The monoisotopic (exact) mass is 556 g/mol. The number of hydrogen-bond acceptors (Lipinski definition) is 4. The molecule has 40 heavy (non-hydrogen) atoms. The summed E-state index contributed by atoms with van der Waals surface area (Å²) in [6, 6.07) is 24.1. The highest BCUT2D eigenvalue weighted by Crippen LogP contribution is 2.57. The van der Waals surface area contributed by atoms with Gasteiger partial charge in [0, 0.05) is 36.0 Å². The highest BCUT2D eigenvalue weighted by molar-refractivity contribution is 7.99. The Hall–Kier alpha value is -2.11. The van der Waals surface area contributed by atoms with Crippen LogP contribution in [0.1, 0.15) is 87.1 Å². The van der Waals surface area contributed by atoms with Crippen LogP contribution in [-0.4, -0.2) is 24.7 Å². The molecule has 0 spiro atoms. The Morgan fingerprint density at radius 1 is 0.900 bits per heavy atom. The predicted molar refractivity (Wildman–Crippen MR) is 169 cm³/mol. The normalized spacial score (nSPS) is 24.1. The van der Waals surface area contributed by atoms with Crippen LogP contribution in [0.3, 0.4) is 0 Å². The zero-order valence-corrected chi connectivity index (χ0v) is 25.7. The van der Waals surface area contributed by atoms with E-state index in [1.807, 2.05) is 18.2 Å². The first-order valence-electron chi connectivity index (χ1n) is 15.3. The molecule has 0 aliphatic heterocycles. The van der Waals surface area contributed by atoms with Crippen LogP contribution in [0.2, 0.25) is 0 Å². The molecule has 214 valence electrons. The molecule has 2 aliphatic rings. The fourth-order valence-electron chi connectivity index (χ4n) is 7.59. The van der Waals surface area contributed by atoms with E-state index in [9.17, 15) is 5.11 Å². The van der Waals surface area contributed by atoms with Crippen LogP contribution < -0.4 is 10.6 Å². The lowest BCUT2D eigenvalue weighted by molar-refractivity contribution is 0.0261. The second-order valence-corrected chi connectivity index (χ2v) is 14.0. The summed E-state index contributed by atoms with van der Waals surface area (Å²) in [5.41, 5.74) is 7.66. The van der Waals surface area contributed by atoms with Crippen molar-refractivity contribution in [3.05, 3.63) is 94.5 Å². The molecule has 0 unspecified atom stereocenters. The summed E-state index contributed by atoms with van der Waals surface area (Å²) in [5.74, 6) is 1.33. The van der Waals surface area contributed by atoms with E-state index < -0.39 is 0 Å². The second-order valence-electron chi connectivity index (χ2n) is 12.9. The molecule has 3 nitrogen and oxygen atoms in total. The number of aliphatic hydroxyl groups excluding tert-OH is 1. The summed E-state index contributed by atoms with van der Waals surface area (Å²) in [5, 5.41) is 17.2. The number of hydrogen-bond donors (Lipinski definition) is 3. The molecule has 1 fully saturated rings. The van der Waals surface area contributed by atoms with Crippen LogP contribution in [0.15, 0.2) is 76.5 Å². The summed E-state index contributed by atoms with van der Waals surface area (Å²) < 4.78 is 0. The van der Waals surface area contributed by atoms with Crippen molar-refractivity contribution in [3.63, 3.8) is 0 Å². The van der Waals surface area contributed by atoms with Gasteiger partial charge in [0.25, 0.3) is 0 Å². The maximum Gasteiger partial charge on any atom is 0.0692 e. The fourth-order valence-corrected chi connectivity index (χ4v) is 8.66. The maximum atomic E-state index is 9.72. The number of nitrogens with one attached hydrogen (secondary N) is 2. The van der Waals surface area contributed by atoms with Crippen LogP contribution >= 0.6 is 11.8 Å². The van der Waals surface area contributed by atoms with Crippen molar-refractivity contribution < 1.29 is 5.11 Å². The van der Waals surface area contributed by atoms with Crippen molar-refractivity contribution in [1.29, 1.82) is 0 Å². The fraction of sp³-hybridized carbons (Fsp3) is 0.500. The molecule has 3 aromatic rings. The Morgan fingerprint density at radius 3 is 2.35 bits per heavy atom. The topological polar surface area (TPSA) is 44.3 Å². The van der Waals surface area contributed by atoms with E-state index in [4.69, 9.17) is 0 Å². The zero-order valence-electron chi connectivity index (χ0n) is 24.9. The van der Waals surface area contributed by atoms with E-state index in [2.05, 4.69) is 86.9 Å². The molecule has 1 saturated carbocycles. The van der Waals surface area contributed by atoms with E-state index >= 15 is 0 Å². The number of benzene rings is 3. The van der Waals surface area contributed by atoms with E-state index in [0.717, 1.165) is 42.6 Å². The van der Waals surface area contributed by atoms with Gasteiger partial charge in [0.1, 0.15) is 0 Å². The molecule has 0 aromatic heterocycles. The second kappa shape index (κ2) is 12.8. The van der Waals surface area contributed by atoms with Gasteiger partial charge in [-0.15, -0.1) is 0 Å². The summed E-state index contributed by atoms with van der Waals surface area (Å²) in [6.07, 6.45) is 6.52. The molecule has 0 heterocycles. The first kappa shape index (κ1) is 29.4. The molecule has 3 atom stereocenters. The van der Waals surface area contributed by atoms with Gasteiger partial charge in [0.05, 0.1) is 6.61 Å². The number of aryl methyl sites for hydroxylation is 1. The van der Waals surface area contributed by atoms with Gasteiger partial charge < -0.3 is 15.7 Å². The molecule has 0 amide bonds. The standard InChI is InChI=1S/C36H48N2OS/c1-26(2)27-14-16-31-28(22-27)15-17-34-35(3,18-9-19-36(31,34)4)25-38-21-20-37-23-29-10-5-7-12-32(29)40-33-13-8-6-11-30(33)24-39/h5-8,10-14,16,22,26,34,37-39H,9,15,17-21,23-25H2,1-4H3/t34-,35-,36+/m0/s1. The molecule has 0 bridgehead atoms. The average molecular weight is 557 g/mol. The van der Waals surface area contributed by atoms with Gasteiger partial charge in [-0.2, -0.15) is 0 Å². The first-order valence-corrected chi connectivity index (χ1v) is 16.1. The Morgan fingerprint density at radius 2 is 1.60 bits per heavy atom. The number of aliphatic hydroxyl groups is 1. The third-order valence-electron chi connectivity index (χ3n) is 9.83. The molecule has 4 heteroatoms. The van der Waals surface area contributed by atoms with Gasteiger partial charge in [-0.25, -0.2) is 0 Å². The SMILES string of the molecule is CC(C)c1ccc2c(c1)CC[C@H]1[C@](C)(CNCCNCc3ccccc3Sc3ccccc3CO)CCC[C@]21C.